The number of thiazole rings is 1. The second-order valence-corrected chi connectivity index (χ2v) is 8.59. The van der Waals surface area contributed by atoms with E-state index >= 15 is 0 Å². The van der Waals surface area contributed by atoms with Crippen LogP contribution in [0.4, 0.5) is 5.13 Å². The lowest BCUT2D eigenvalue weighted by atomic mass is 9.99. The van der Waals surface area contributed by atoms with E-state index in [9.17, 15) is 19.5 Å². The number of aromatic nitrogens is 1. The number of ether oxygens (including phenoxy) is 1. The average Bonchev–Trinajstić information content (AvgIpc) is 3.44. The predicted molar refractivity (Wildman–Crippen MR) is 122 cm³/mol. The van der Waals surface area contributed by atoms with E-state index in [1.165, 1.54) is 4.90 Å². The number of furan rings is 1. The van der Waals surface area contributed by atoms with Crippen molar-refractivity contribution < 1.29 is 28.6 Å². The number of aliphatic hydroxyl groups excluding tert-OH is 1. The first kappa shape index (κ1) is 22.5. The maximum absolute atomic E-state index is 13.2. The fraction of sp³-hybridized carbons (Fsp3) is 0.250. The summed E-state index contributed by atoms with van der Waals surface area (Å²) < 4.78 is 10.8. The van der Waals surface area contributed by atoms with E-state index in [4.69, 9.17) is 9.15 Å². The number of rotatable bonds is 5. The van der Waals surface area contributed by atoms with Crippen molar-refractivity contribution in [2.75, 3.05) is 11.5 Å². The highest BCUT2D eigenvalue weighted by atomic mass is 32.1. The number of hydrogen-bond acceptors (Lipinski definition) is 8. The van der Waals surface area contributed by atoms with Gasteiger partial charge in [0, 0.05) is 5.56 Å². The minimum atomic E-state index is -1.04. The van der Waals surface area contributed by atoms with Gasteiger partial charge >= 0.3 is 11.9 Å². The standard InChI is InChI=1S/C24H22N2O6S/c1-5-31-23(30)21-14(4)25-24(33-21)26-18(16-11-8-13(3)32-16)17(20(28)22(26)29)19(27)15-9-6-12(2)7-10-15/h6-11,18,27H,5H2,1-4H3/t18-/m1/s1. The molecule has 1 aliphatic rings. The van der Waals surface area contributed by atoms with Crippen molar-refractivity contribution in [1.29, 1.82) is 0 Å². The Morgan fingerprint density at radius 3 is 2.45 bits per heavy atom. The van der Waals surface area contributed by atoms with Crippen LogP contribution < -0.4 is 4.90 Å². The summed E-state index contributed by atoms with van der Waals surface area (Å²) in [5.74, 6) is -1.72. The quantitative estimate of drug-likeness (QED) is 0.256. The van der Waals surface area contributed by atoms with Gasteiger partial charge in [0.1, 0.15) is 28.2 Å². The van der Waals surface area contributed by atoms with E-state index in [0.717, 1.165) is 16.9 Å². The Bertz CT molecular complexity index is 1280. The van der Waals surface area contributed by atoms with Crippen LogP contribution >= 0.6 is 11.3 Å². The fourth-order valence-corrected chi connectivity index (χ4v) is 4.62. The van der Waals surface area contributed by atoms with Gasteiger partial charge in [-0.1, -0.05) is 41.2 Å². The summed E-state index contributed by atoms with van der Waals surface area (Å²) in [5, 5.41) is 11.2. The molecule has 1 amide bonds. The van der Waals surface area contributed by atoms with E-state index in [2.05, 4.69) is 4.98 Å². The van der Waals surface area contributed by atoms with Gasteiger partial charge in [-0.2, -0.15) is 0 Å². The van der Waals surface area contributed by atoms with Crippen LogP contribution in [0.15, 0.2) is 46.4 Å². The number of carbonyl (C=O) groups excluding carboxylic acids is 3. The topological polar surface area (TPSA) is 110 Å². The Kier molecular flexibility index (Phi) is 5.90. The first-order chi connectivity index (χ1) is 15.7. The lowest BCUT2D eigenvalue weighted by Crippen LogP contribution is -2.29. The molecule has 0 radical (unpaired) electrons. The molecule has 0 unspecified atom stereocenters. The molecule has 2 aromatic heterocycles. The number of anilines is 1. The van der Waals surface area contributed by atoms with Crippen LogP contribution in [0.2, 0.25) is 0 Å². The Balaban J connectivity index is 1.89. The Morgan fingerprint density at radius 2 is 1.85 bits per heavy atom. The molecule has 0 aliphatic carbocycles. The molecule has 4 rings (SSSR count). The number of amides is 1. The fourth-order valence-electron chi connectivity index (χ4n) is 3.64. The maximum atomic E-state index is 13.2. The largest absolute Gasteiger partial charge is 0.507 e. The van der Waals surface area contributed by atoms with Gasteiger partial charge < -0.3 is 14.3 Å². The molecule has 170 valence electrons. The minimum Gasteiger partial charge on any atom is -0.507 e. The van der Waals surface area contributed by atoms with Crippen LogP contribution in [0.5, 0.6) is 0 Å². The first-order valence-corrected chi connectivity index (χ1v) is 11.1. The van der Waals surface area contributed by atoms with E-state index in [-0.39, 0.29) is 27.9 Å². The van der Waals surface area contributed by atoms with Crippen LogP contribution in [-0.2, 0) is 14.3 Å². The number of aliphatic hydroxyl groups is 1. The molecule has 33 heavy (non-hydrogen) atoms. The smallest absolute Gasteiger partial charge is 0.350 e. The lowest BCUT2D eigenvalue weighted by molar-refractivity contribution is -0.132. The molecule has 0 spiro atoms. The number of hydrogen-bond donors (Lipinski definition) is 1. The van der Waals surface area contributed by atoms with E-state index in [1.54, 1.807) is 57.2 Å². The number of esters is 1. The number of Topliss-reactive ketones (excluding diaryl/α,β-unsaturated/α-hetero) is 1. The predicted octanol–water partition coefficient (Wildman–Crippen LogP) is 4.46. The van der Waals surface area contributed by atoms with Gasteiger partial charge in [0.15, 0.2) is 5.13 Å². The number of ketones is 1. The molecule has 3 heterocycles. The van der Waals surface area contributed by atoms with Gasteiger partial charge in [-0.05, 0) is 39.8 Å². The third kappa shape index (κ3) is 3.95. The zero-order valence-corrected chi connectivity index (χ0v) is 19.4. The molecule has 3 aromatic rings. The zero-order chi connectivity index (χ0) is 23.9. The van der Waals surface area contributed by atoms with Gasteiger partial charge in [0.05, 0.1) is 17.9 Å². The summed E-state index contributed by atoms with van der Waals surface area (Å²) in [6, 6.07) is 9.26. The molecule has 1 fully saturated rings. The second-order valence-electron chi connectivity index (χ2n) is 7.61. The highest BCUT2D eigenvalue weighted by Crippen LogP contribution is 2.44. The molecule has 1 saturated heterocycles. The maximum Gasteiger partial charge on any atom is 0.350 e. The molecule has 1 aliphatic heterocycles. The summed E-state index contributed by atoms with van der Waals surface area (Å²) in [7, 11) is 0. The second kappa shape index (κ2) is 8.67. The van der Waals surface area contributed by atoms with E-state index in [1.807, 2.05) is 6.92 Å². The lowest BCUT2D eigenvalue weighted by Gasteiger charge is -2.20. The van der Waals surface area contributed by atoms with E-state index < -0.39 is 23.7 Å². The zero-order valence-electron chi connectivity index (χ0n) is 18.5. The summed E-state index contributed by atoms with van der Waals surface area (Å²) >= 11 is 0.949. The van der Waals surface area contributed by atoms with Crippen LogP contribution in [-0.4, -0.2) is 34.4 Å². The molecule has 1 atom stereocenters. The molecule has 0 bridgehead atoms. The highest BCUT2D eigenvalue weighted by Gasteiger charge is 2.49. The number of aryl methyl sites for hydroxylation is 3. The van der Waals surface area contributed by atoms with Gasteiger partial charge in [0.25, 0.3) is 5.78 Å². The Labute approximate surface area is 194 Å². The van der Waals surface area contributed by atoms with Gasteiger partial charge in [-0.25, -0.2) is 9.78 Å². The van der Waals surface area contributed by atoms with Crippen molar-refractivity contribution in [1.82, 2.24) is 4.98 Å². The number of nitrogens with zero attached hydrogens (tertiary/aromatic N) is 2. The summed E-state index contributed by atoms with van der Waals surface area (Å²) in [6.45, 7) is 7.15. The first-order valence-electron chi connectivity index (χ1n) is 10.3. The highest BCUT2D eigenvalue weighted by molar-refractivity contribution is 7.17. The Hall–Kier alpha value is -3.72. The van der Waals surface area contributed by atoms with Gasteiger partial charge in [0.2, 0.25) is 0 Å². The average molecular weight is 467 g/mol. The minimum absolute atomic E-state index is 0.108. The number of benzene rings is 1. The van der Waals surface area contributed by atoms with E-state index in [0.29, 0.717) is 22.8 Å². The van der Waals surface area contributed by atoms with Crippen LogP contribution in [0, 0.1) is 20.8 Å². The molecule has 8 nitrogen and oxygen atoms in total. The van der Waals surface area contributed by atoms with Gasteiger partial charge in [-0.15, -0.1) is 0 Å². The normalized spacial score (nSPS) is 17.6. The van der Waals surface area contributed by atoms with Crippen molar-refractivity contribution in [2.24, 2.45) is 0 Å². The summed E-state index contributed by atoms with van der Waals surface area (Å²) in [5.41, 5.74) is 1.65. The monoisotopic (exact) mass is 466 g/mol. The Morgan fingerprint density at radius 1 is 1.15 bits per heavy atom. The van der Waals surface area contributed by atoms with Crippen molar-refractivity contribution >= 4 is 39.9 Å². The number of carbonyl (C=O) groups is 3. The van der Waals surface area contributed by atoms with Crippen molar-refractivity contribution in [3.05, 3.63) is 75.2 Å². The molecule has 1 aromatic carbocycles. The molecular weight excluding hydrogens is 444 g/mol. The van der Waals surface area contributed by atoms with Crippen LogP contribution in [0.3, 0.4) is 0 Å². The third-order valence-electron chi connectivity index (χ3n) is 5.25. The van der Waals surface area contributed by atoms with Crippen molar-refractivity contribution in [3.63, 3.8) is 0 Å². The van der Waals surface area contributed by atoms with Crippen molar-refractivity contribution in [2.45, 2.75) is 33.7 Å². The third-order valence-corrected chi connectivity index (χ3v) is 6.39. The molecule has 1 N–H and O–H groups in total. The molecular formula is C24H22N2O6S. The molecule has 0 saturated carbocycles. The van der Waals surface area contributed by atoms with Crippen LogP contribution in [0.1, 0.15) is 51.0 Å². The van der Waals surface area contributed by atoms with Crippen LogP contribution in [0.25, 0.3) is 5.76 Å². The summed E-state index contributed by atoms with van der Waals surface area (Å²) in [4.78, 5) is 44.3. The SMILES string of the molecule is CCOC(=O)c1sc(N2C(=O)C(=O)C(=C(O)c3ccc(C)cc3)[C@H]2c2ccc(C)o2)nc1C. The molecule has 9 heteroatoms. The van der Waals surface area contributed by atoms with Gasteiger partial charge in [-0.3, -0.25) is 14.5 Å². The van der Waals surface area contributed by atoms with Crippen molar-refractivity contribution in [3.8, 4) is 0 Å². The summed E-state index contributed by atoms with van der Waals surface area (Å²) in [6.07, 6.45) is 0.